The second-order valence-corrected chi connectivity index (χ2v) is 6.95. The molecule has 0 saturated carbocycles. The highest BCUT2D eigenvalue weighted by atomic mass is 19.4. The van der Waals surface area contributed by atoms with E-state index in [4.69, 9.17) is 0 Å². The van der Waals surface area contributed by atoms with Crippen LogP contribution in [0.5, 0.6) is 0 Å². The summed E-state index contributed by atoms with van der Waals surface area (Å²) in [6.45, 7) is 5.89. The zero-order chi connectivity index (χ0) is 20.1. The maximum Gasteiger partial charge on any atom is 0.418 e. The van der Waals surface area contributed by atoms with Crippen molar-refractivity contribution in [1.29, 1.82) is 0 Å². The van der Waals surface area contributed by atoms with E-state index in [-0.39, 0.29) is 12.2 Å². The standard InChI is InChI=1S/C20H23F3N4O/c1-15-6-7-24-12-16(15)13-26-8-10-27(11-9-26)14-19(28)25-18-5-3-2-4-17(18)20(21,22)23/h2-7,12H,8-11,13-14H2,1H3,(H,25,28). The van der Waals surface area contributed by atoms with E-state index in [0.717, 1.165) is 25.7 Å². The summed E-state index contributed by atoms with van der Waals surface area (Å²) in [5, 5.41) is 2.40. The molecule has 0 aliphatic carbocycles. The molecule has 5 nitrogen and oxygen atoms in total. The largest absolute Gasteiger partial charge is 0.418 e. The van der Waals surface area contributed by atoms with Crippen LogP contribution in [0.1, 0.15) is 16.7 Å². The SMILES string of the molecule is Cc1ccncc1CN1CCN(CC(=O)Nc2ccccc2C(F)(F)F)CC1. The van der Waals surface area contributed by atoms with E-state index in [1.54, 1.807) is 6.20 Å². The van der Waals surface area contributed by atoms with Gasteiger partial charge in [0, 0.05) is 45.1 Å². The Labute approximate surface area is 162 Å². The van der Waals surface area contributed by atoms with Crippen LogP contribution >= 0.6 is 0 Å². The Bertz CT molecular complexity index is 817. The molecule has 1 aromatic carbocycles. The third-order valence-electron chi connectivity index (χ3n) is 4.88. The first-order valence-electron chi connectivity index (χ1n) is 9.13. The minimum atomic E-state index is -4.50. The van der Waals surface area contributed by atoms with E-state index in [0.29, 0.717) is 13.1 Å². The number of halogens is 3. The van der Waals surface area contributed by atoms with Gasteiger partial charge in [-0.1, -0.05) is 12.1 Å². The number of aryl methyl sites for hydroxylation is 1. The summed E-state index contributed by atoms with van der Waals surface area (Å²) in [6.07, 6.45) is -0.862. The molecule has 150 valence electrons. The number of pyridine rings is 1. The molecule has 1 aliphatic heterocycles. The highest BCUT2D eigenvalue weighted by Gasteiger charge is 2.33. The highest BCUT2D eigenvalue weighted by molar-refractivity contribution is 5.93. The van der Waals surface area contributed by atoms with Crippen molar-refractivity contribution in [2.45, 2.75) is 19.6 Å². The molecule has 0 bridgehead atoms. The Morgan fingerprint density at radius 1 is 1.11 bits per heavy atom. The normalized spacial score (nSPS) is 16.1. The lowest BCUT2D eigenvalue weighted by Gasteiger charge is -2.34. The van der Waals surface area contributed by atoms with Gasteiger partial charge in [-0.3, -0.25) is 19.6 Å². The van der Waals surface area contributed by atoms with Crippen molar-refractivity contribution in [3.8, 4) is 0 Å². The van der Waals surface area contributed by atoms with Gasteiger partial charge in [0.2, 0.25) is 5.91 Å². The van der Waals surface area contributed by atoms with Gasteiger partial charge < -0.3 is 5.32 Å². The third-order valence-corrected chi connectivity index (χ3v) is 4.88. The average Bonchev–Trinajstić information content (AvgIpc) is 2.65. The zero-order valence-electron chi connectivity index (χ0n) is 15.7. The Kier molecular flexibility index (Phi) is 6.31. The number of benzene rings is 1. The minimum absolute atomic E-state index is 0.0753. The topological polar surface area (TPSA) is 48.5 Å². The predicted molar refractivity (Wildman–Crippen MR) is 101 cm³/mol. The summed E-state index contributed by atoms with van der Waals surface area (Å²) < 4.78 is 39.1. The number of hydrogen-bond donors (Lipinski definition) is 1. The number of alkyl halides is 3. The summed E-state index contributed by atoms with van der Waals surface area (Å²) in [6, 6.07) is 7.00. The second-order valence-electron chi connectivity index (χ2n) is 6.95. The van der Waals surface area contributed by atoms with E-state index < -0.39 is 17.6 Å². The average molecular weight is 392 g/mol. The molecule has 0 unspecified atom stereocenters. The van der Waals surface area contributed by atoms with Crippen LogP contribution in [-0.4, -0.2) is 53.4 Å². The molecule has 1 saturated heterocycles. The number of para-hydroxylation sites is 1. The molecule has 1 aromatic heterocycles. The number of amides is 1. The van der Waals surface area contributed by atoms with E-state index in [1.807, 2.05) is 17.2 Å². The van der Waals surface area contributed by atoms with Crippen LogP contribution in [0.25, 0.3) is 0 Å². The van der Waals surface area contributed by atoms with Crippen molar-refractivity contribution in [3.63, 3.8) is 0 Å². The maximum atomic E-state index is 13.0. The number of piperazine rings is 1. The number of rotatable bonds is 5. The van der Waals surface area contributed by atoms with Gasteiger partial charge in [-0.05, 0) is 36.2 Å². The van der Waals surface area contributed by atoms with Crippen LogP contribution in [-0.2, 0) is 17.5 Å². The third kappa shape index (κ3) is 5.30. The first kappa shape index (κ1) is 20.3. The van der Waals surface area contributed by atoms with Gasteiger partial charge >= 0.3 is 6.18 Å². The zero-order valence-corrected chi connectivity index (χ0v) is 15.7. The van der Waals surface area contributed by atoms with Gasteiger partial charge in [0.25, 0.3) is 0 Å². The molecule has 2 heterocycles. The predicted octanol–water partition coefficient (Wildman–Crippen LogP) is 3.17. The number of aromatic nitrogens is 1. The van der Waals surface area contributed by atoms with E-state index in [1.165, 1.54) is 29.3 Å². The fraction of sp³-hybridized carbons (Fsp3) is 0.400. The van der Waals surface area contributed by atoms with Crippen molar-refractivity contribution >= 4 is 11.6 Å². The molecule has 3 rings (SSSR count). The quantitative estimate of drug-likeness (QED) is 0.849. The fourth-order valence-corrected chi connectivity index (χ4v) is 3.24. The second kappa shape index (κ2) is 8.70. The number of carbonyl (C=O) groups is 1. The van der Waals surface area contributed by atoms with Crippen molar-refractivity contribution in [2.24, 2.45) is 0 Å². The summed E-state index contributed by atoms with van der Waals surface area (Å²) in [4.78, 5) is 20.6. The Morgan fingerprint density at radius 3 is 2.46 bits per heavy atom. The smallest absolute Gasteiger partial charge is 0.324 e. The number of nitrogens with zero attached hydrogens (tertiary/aromatic N) is 3. The molecule has 0 radical (unpaired) electrons. The Balaban J connectivity index is 1.50. The van der Waals surface area contributed by atoms with Gasteiger partial charge in [0.15, 0.2) is 0 Å². The van der Waals surface area contributed by atoms with Gasteiger partial charge in [-0.2, -0.15) is 13.2 Å². The van der Waals surface area contributed by atoms with Crippen molar-refractivity contribution in [1.82, 2.24) is 14.8 Å². The van der Waals surface area contributed by atoms with Gasteiger partial charge in [0.05, 0.1) is 17.8 Å². The molecule has 0 spiro atoms. The van der Waals surface area contributed by atoms with E-state index >= 15 is 0 Å². The number of nitrogens with one attached hydrogen (secondary N) is 1. The fourth-order valence-electron chi connectivity index (χ4n) is 3.24. The minimum Gasteiger partial charge on any atom is -0.324 e. The molecule has 1 amide bonds. The van der Waals surface area contributed by atoms with Crippen LogP contribution in [0.3, 0.4) is 0 Å². The lowest BCUT2D eigenvalue weighted by atomic mass is 10.1. The van der Waals surface area contributed by atoms with Crippen LogP contribution in [0.4, 0.5) is 18.9 Å². The van der Waals surface area contributed by atoms with Gasteiger partial charge in [-0.15, -0.1) is 0 Å². The van der Waals surface area contributed by atoms with E-state index in [2.05, 4.69) is 22.1 Å². The van der Waals surface area contributed by atoms with Gasteiger partial charge in [0.1, 0.15) is 0 Å². The van der Waals surface area contributed by atoms with Crippen LogP contribution in [0.2, 0.25) is 0 Å². The first-order valence-corrected chi connectivity index (χ1v) is 9.13. The van der Waals surface area contributed by atoms with Crippen molar-refractivity contribution < 1.29 is 18.0 Å². The molecule has 1 aliphatic rings. The van der Waals surface area contributed by atoms with Gasteiger partial charge in [-0.25, -0.2) is 0 Å². The molecule has 28 heavy (non-hydrogen) atoms. The molecule has 0 atom stereocenters. The van der Waals surface area contributed by atoms with Crippen molar-refractivity contribution in [2.75, 3.05) is 38.0 Å². The number of anilines is 1. The lowest BCUT2D eigenvalue weighted by Crippen LogP contribution is -2.48. The summed E-state index contributed by atoms with van der Waals surface area (Å²) in [5.74, 6) is -0.437. The monoisotopic (exact) mass is 392 g/mol. The number of carbonyl (C=O) groups excluding carboxylic acids is 1. The maximum absolute atomic E-state index is 13.0. The van der Waals surface area contributed by atoms with Crippen LogP contribution < -0.4 is 5.32 Å². The summed E-state index contributed by atoms with van der Waals surface area (Å²) in [7, 11) is 0. The molecule has 1 fully saturated rings. The van der Waals surface area contributed by atoms with Crippen molar-refractivity contribution in [3.05, 3.63) is 59.4 Å². The molecule has 1 N–H and O–H groups in total. The number of hydrogen-bond acceptors (Lipinski definition) is 4. The lowest BCUT2D eigenvalue weighted by molar-refractivity contribution is -0.137. The Morgan fingerprint density at radius 2 is 1.79 bits per heavy atom. The molecule has 8 heteroatoms. The van der Waals surface area contributed by atoms with Crippen LogP contribution in [0, 0.1) is 6.92 Å². The summed E-state index contributed by atoms with van der Waals surface area (Å²) >= 11 is 0. The summed E-state index contributed by atoms with van der Waals surface area (Å²) in [5.41, 5.74) is 1.34. The Hall–Kier alpha value is -2.45. The first-order chi connectivity index (χ1) is 13.3. The molecular weight excluding hydrogens is 369 g/mol. The van der Waals surface area contributed by atoms with E-state index in [9.17, 15) is 18.0 Å². The molecule has 2 aromatic rings. The van der Waals surface area contributed by atoms with Crippen LogP contribution in [0.15, 0.2) is 42.7 Å². The molecular formula is C20H23F3N4O. The highest BCUT2D eigenvalue weighted by Crippen LogP contribution is 2.34.